The molecule has 0 heterocycles. The van der Waals surface area contributed by atoms with Gasteiger partial charge in [-0.25, -0.2) is 0 Å². The van der Waals surface area contributed by atoms with E-state index in [4.69, 9.17) is 0 Å². The molecule has 16 aliphatic rings. The van der Waals surface area contributed by atoms with Crippen LogP contribution in [0.3, 0.4) is 0 Å². The second-order valence-electron chi connectivity index (χ2n) is 54.8. The minimum Gasteiger partial charge on any atom is -0.390 e. The molecule has 132 heavy (non-hydrogen) atoms. The Hall–Kier alpha value is -0.933. The number of carbonyl (C=O) groups is 1. The van der Waals surface area contributed by atoms with E-state index in [9.17, 15) is 64.9 Å². The third kappa shape index (κ3) is 21.7. The van der Waals surface area contributed by atoms with E-state index in [1.807, 2.05) is 61.5 Å². The molecule has 15 heteroatoms. The zero-order valence-corrected chi connectivity index (χ0v) is 91.1. The number of ketones is 1. The summed E-state index contributed by atoms with van der Waals surface area (Å²) in [4.78, 5) is 13.6. The number of aliphatic hydroxyl groups is 11. The monoisotopic (exact) mass is 1860 g/mol. The first kappa shape index (κ1) is 113. The first-order valence-electron chi connectivity index (χ1n) is 54.2. The number of carbonyl (C=O) groups excluding carboxylic acids is 1. The normalized spacial score (nSPS) is 47.0. The predicted octanol–water partition coefficient (Wildman–Crippen LogP) is 23.5. The number of fused-ring (bicyclic) bond motifs is 20. The van der Waals surface area contributed by atoms with E-state index in [-0.39, 0.29) is 87.7 Å². The summed E-state index contributed by atoms with van der Waals surface area (Å²) < 4.78 is 10.2. The number of allylic oxidation sites excluding steroid dienone is 1. The smallest absolute Gasteiger partial charge is 0.390 e. The van der Waals surface area contributed by atoms with E-state index in [1.54, 1.807) is 0 Å². The van der Waals surface area contributed by atoms with Crippen LogP contribution in [-0.2, 0) is 4.79 Å². The Labute approximate surface area is 823 Å². The molecule has 0 radical (unpaired) electrons. The number of hydrogen-bond acceptors (Lipinski definition) is 13. The molecule has 12 nitrogen and oxygen atoms in total. The number of hydrogen-bond donors (Lipinski definition) is 11. The largest absolute Gasteiger partial charge is 1.00 e. The summed E-state index contributed by atoms with van der Waals surface area (Å²) >= 11 is 0.250. The summed E-state index contributed by atoms with van der Waals surface area (Å²) in [5, 5.41) is 121. The van der Waals surface area contributed by atoms with Crippen molar-refractivity contribution in [3.05, 3.63) is 54.0 Å². The van der Waals surface area contributed by atoms with Crippen molar-refractivity contribution >= 4 is 17.9 Å². The van der Waals surface area contributed by atoms with Crippen molar-refractivity contribution in [3.63, 3.8) is 0 Å². The topological polar surface area (TPSA) is 240 Å². The Morgan fingerprint density at radius 1 is 0.341 bits per heavy atom. The van der Waals surface area contributed by atoms with Gasteiger partial charge in [-0.15, -0.1) is 0 Å². The summed E-state index contributed by atoms with van der Waals surface area (Å²) in [6.45, 7) is 59.3. The van der Waals surface area contributed by atoms with Gasteiger partial charge >= 0.3 is 18.9 Å². The Morgan fingerprint density at radius 2 is 0.553 bits per heavy atom. The molecule has 0 spiro atoms. The van der Waals surface area contributed by atoms with Crippen LogP contribution >= 0.6 is 12.1 Å². The molecule has 11 N–H and O–H groups in total. The summed E-state index contributed by atoms with van der Waals surface area (Å²) in [5.41, 5.74) is -0.327. The molecule has 0 bridgehead atoms. The zero-order valence-electron chi connectivity index (χ0n) is 90.3. The zero-order chi connectivity index (χ0) is 96.8. The van der Waals surface area contributed by atoms with Gasteiger partial charge in [-0.2, -0.15) is 3.89 Å². The quantitative estimate of drug-likeness (QED) is 0.0309. The summed E-state index contributed by atoms with van der Waals surface area (Å²) in [5.74, 6) is 10.8. The van der Waals surface area contributed by atoms with Crippen molar-refractivity contribution in [2.45, 2.75) is 505 Å². The van der Waals surface area contributed by atoms with Crippen LogP contribution in [0.1, 0.15) is 444 Å². The van der Waals surface area contributed by atoms with Gasteiger partial charge in [0.25, 0.3) is 0 Å². The molecule has 1 unspecified atom stereocenters. The van der Waals surface area contributed by atoms with Crippen molar-refractivity contribution in [1.29, 1.82) is 0 Å². The minimum absolute atomic E-state index is 0. The third-order valence-corrected chi connectivity index (χ3v) is 44.4. The second-order valence-corrected chi connectivity index (χ2v) is 55.1. The van der Waals surface area contributed by atoms with E-state index in [0.717, 1.165) is 154 Å². The van der Waals surface area contributed by atoms with Gasteiger partial charge in [0.2, 0.25) is 0 Å². The van der Waals surface area contributed by atoms with Gasteiger partial charge in [0, 0.05) is 24.3 Å². The van der Waals surface area contributed by atoms with Crippen molar-refractivity contribution < 1.29 is 83.7 Å². The van der Waals surface area contributed by atoms with Gasteiger partial charge in [-0.3, -0.25) is 4.79 Å². The summed E-state index contributed by atoms with van der Waals surface area (Å²) in [6.07, 6.45) is 51.1. The predicted molar refractivity (Wildman–Crippen MR) is 540 cm³/mol. The molecule has 16 rings (SSSR count). The van der Waals surface area contributed by atoms with Crippen molar-refractivity contribution in [2.24, 2.45) is 162 Å². The van der Waals surface area contributed by atoms with Crippen molar-refractivity contribution in [3.8, 4) is 0 Å². The molecule has 12 fully saturated rings. The van der Waals surface area contributed by atoms with E-state index in [0.29, 0.717) is 125 Å². The first-order valence-corrected chi connectivity index (χ1v) is 55.3. The standard InChI is InChI=1S/3C29H50O3.C28H46O3.CH3FS.CH3.Li/c3*1-8-29(32)16-15-26(5)20(18-29)17-28(7,31)24-22-10-9-21(19(2)11-13-25(3,4)30)27(22,6)14-12-23(24)26;1-7-28(31)15-14-26(5)19(17-28)16-23(29)24-21-9-8-20(18(2)10-12-25(3,4)30)27(21,6)13-11-22(24)26;1-3-2;;/h3*17,19,21-24,30-32H,8-16,18H2,1-7H3;16,18,20-22,24,30-31H,7-15,17H2,1-6H3;1H3;1H3;/q;;;;;-1;+1/t19-,21-,22+,23+,24+,26+,27-,28?,29+;19-,21-,22+,23+,24+,26+,27-,28+,29+;19-,21-,22+,23+,24+,26+,27-,28-,29+;18-,20-,21+,22+,24+,26+,27-,28+;;;/m1111.../s1. The maximum absolute atomic E-state index is 13.6. The Balaban J connectivity index is 0.000000180. The Bertz CT molecular complexity index is 3740. The van der Waals surface area contributed by atoms with Crippen LogP contribution in [-0.4, -0.2) is 130 Å². The molecular weight excluding hydrogens is 1660 g/mol. The van der Waals surface area contributed by atoms with Crippen LogP contribution in [0.25, 0.3) is 0 Å². The second kappa shape index (κ2) is 39.9. The van der Waals surface area contributed by atoms with Gasteiger partial charge in [0.1, 0.15) is 0 Å². The number of rotatable bonds is 20. The molecule has 0 aromatic heterocycles. The van der Waals surface area contributed by atoms with E-state index < -0.39 is 61.6 Å². The van der Waals surface area contributed by atoms with Gasteiger partial charge in [0.05, 0.1) is 61.6 Å². The van der Waals surface area contributed by atoms with Crippen molar-refractivity contribution in [2.75, 3.05) is 6.26 Å². The number of halogens is 1. The van der Waals surface area contributed by atoms with Crippen LogP contribution < -0.4 is 18.9 Å². The molecule has 35 atom stereocenters. The van der Waals surface area contributed by atoms with E-state index in [2.05, 4.69) is 150 Å². The van der Waals surface area contributed by atoms with Gasteiger partial charge in [0.15, 0.2) is 5.78 Å². The SMILES string of the molecule is CC[C@]1(O)CC[C@@]2(C)C(=CC(=O)[C@H]3[C@@H]4CC[C@H]([C@H](C)CCC(C)(C)O)[C@@]4(C)CC[C@@H]32)C1.CC[C@]1(O)CC[C@@]2(C)C(=CC(C)(O)[C@H]3[C@@H]4CC[C@H]([C@H](C)CCC(C)(C)O)[C@@]4(C)CC[C@@H]32)C1.CC[C@]1(O)CC[C@@]2(C)C(=C[C@@](C)(O)[C@H]3[C@@H]4CC[C@H]([C@H](C)CCC(C)(C)O)[C@@]4(C)CC[C@@H]32)C1.CC[C@]1(O)CC[C@@]2(C)C(=C[C@](C)(O)[C@H]3[C@@H]4CC[C@H]([C@H](C)CCC(C)(C)O)[C@@]4(C)CC[C@@H]32)C1.CSF.[CH3-].[Li+]. The van der Waals surface area contributed by atoms with Crippen LogP contribution in [0.5, 0.6) is 0 Å². The molecular formula is C117H202FLiO12S. The average molecular weight is 1860 g/mol. The van der Waals surface area contributed by atoms with Crippen LogP contribution in [0.15, 0.2) is 46.6 Å². The van der Waals surface area contributed by atoms with Crippen molar-refractivity contribution in [1.82, 2.24) is 0 Å². The molecule has 0 saturated heterocycles. The van der Waals surface area contributed by atoms with E-state index in [1.165, 1.54) is 125 Å². The third-order valence-electron chi connectivity index (χ3n) is 44.4. The fraction of sp³-hybridized carbons (Fsp3) is 0.915. The maximum Gasteiger partial charge on any atom is 1.00 e. The Morgan fingerprint density at radius 3 is 0.788 bits per heavy atom. The van der Waals surface area contributed by atoms with Crippen LogP contribution in [0, 0.1) is 169 Å². The Kier molecular flexibility index (Phi) is 34.2. The summed E-state index contributed by atoms with van der Waals surface area (Å²) in [7, 11) is 0. The maximum atomic E-state index is 13.6. The van der Waals surface area contributed by atoms with Crippen LogP contribution in [0.2, 0.25) is 0 Å². The first-order chi connectivity index (χ1) is 59.7. The fourth-order valence-electron chi connectivity index (χ4n) is 35.9. The molecule has 0 aromatic rings. The molecule has 756 valence electrons. The van der Waals surface area contributed by atoms with Crippen LogP contribution in [0.4, 0.5) is 3.89 Å². The van der Waals surface area contributed by atoms with Gasteiger partial charge < -0.3 is 63.6 Å². The van der Waals surface area contributed by atoms with Gasteiger partial charge in [-0.05, 0) is 495 Å². The van der Waals surface area contributed by atoms with E-state index >= 15 is 0 Å². The summed E-state index contributed by atoms with van der Waals surface area (Å²) in [6, 6.07) is 0. The molecule has 12 saturated carbocycles. The molecule has 0 aromatic carbocycles. The molecule has 0 aliphatic heterocycles. The minimum atomic E-state index is -0.789. The van der Waals surface area contributed by atoms with Gasteiger partial charge in [-0.1, -0.05) is 151 Å². The fourth-order valence-corrected chi connectivity index (χ4v) is 35.9. The molecule has 0 amide bonds. The molecule has 16 aliphatic carbocycles. The average Bonchev–Trinajstić information content (AvgIpc) is 1.30.